The second-order valence-corrected chi connectivity index (χ2v) is 23.9. The standard InChI is InChI=1S/C49H79NO17/c1-22-33(54)37(58)39(67-41-38(59)34(55)26(52)20-62-41)42(64-22)63-21-27-35(56)36(57)32(50-23(2)51)40(65-27)66-31-13-14-46(7)28(45(31,5)6)12-15-47(8)29(46)11-10-24-25-18-44(3,4)16-17-49(25,43(60)61)30(53)19-48(24,47)9/h10,22,25-42,52-59H,11-21H2,1-9H3,(H,50,51)(H,60,61)/t22-,25?,26-,27-,28?,29?,30?,31+,32-,33+,34+,35-,36-,37+,38-,39-,40+,41+,42-,46+,47-,48-,49-/m1/s1. The van der Waals surface area contributed by atoms with Gasteiger partial charge in [0.05, 0.1) is 31.5 Å². The molecule has 4 unspecified atom stereocenters. The summed E-state index contributed by atoms with van der Waals surface area (Å²) in [5.41, 5.74) is -1.27. The predicted molar refractivity (Wildman–Crippen MR) is 236 cm³/mol. The number of carbonyl (C=O) groups is 2. The fourth-order valence-electron chi connectivity index (χ4n) is 15.2. The van der Waals surface area contributed by atoms with Crippen molar-refractivity contribution < 1.29 is 84.0 Å². The van der Waals surface area contributed by atoms with E-state index in [1.54, 1.807) is 0 Å². The molecule has 3 aliphatic heterocycles. The van der Waals surface area contributed by atoms with Crippen LogP contribution in [0, 0.1) is 50.2 Å². The highest BCUT2D eigenvalue weighted by atomic mass is 16.8. The van der Waals surface area contributed by atoms with Crippen LogP contribution in [0.2, 0.25) is 0 Å². The molecule has 4 saturated carbocycles. The van der Waals surface area contributed by atoms with Gasteiger partial charge in [-0.25, -0.2) is 0 Å². The highest BCUT2D eigenvalue weighted by Gasteiger charge is 2.71. The normalized spacial score (nSPS) is 52.6. The third-order valence-corrected chi connectivity index (χ3v) is 19.3. The third-order valence-electron chi connectivity index (χ3n) is 19.3. The van der Waals surface area contributed by atoms with Crippen LogP contribution in [0.4, 0.5) is 0 Å². The van der Waals surface area contributed by atoms with Crippen molar-refractivity contribution >= 4 is 11.9 Å². The first-order valence-electron chi connectivity index (χ1n) is 24.6. The summed E-state index contributed by atoms with van der Waals surface area (Å²) < 4.78 is 36.4. The maximum atomic E-state index is 13.2. The lowest BCUT2D eigenvalue weighted by Gasteiger charge is -2.71. The van der Waals surface area contributed by atoms with Gasteiger partial charge in [0.2, 0.25) is 5.91 Å². The zero-order valence-electron chi connectivity index (χ0n) is 40.6. The molecule has 18 heteroatoms. The molecule has 7 fully saturated rings. The lowest BCUT2D eigenvalue weighted by molar-refractivity contribution is -0.361. The van der Waals surface area contributed by atoms with Crippen LogP contribution in [0.3, 0.4) is 0 Å². The number of nitrogens with one attached hydrogen (secondary N) is 1. The van der Waals surface area contributed by atoms with E-state index >= 15 is 0 Å². The summed E-state index contributed by atoms with van der Waals surface area (Å²) in [5, 5.41) is 101. The zero-order chi connectivity index (χ0) is 49.1. The van der Waals surface area contributed by atoms with Gasteiger partial charge in [0, 0.05) is 6.92 Å². The van der Waals surface area contributed by atoms with Crippen LogP contribution in [-0.2, 0) is 38.0 Å². The number of hydrogen-bond acceptors (Lipinski definition) is 16. The maximum absolute atomic E-state index is 13.2. The van der Waals surface area contributed by atoms with Gasteiger partial charge in [0.25, 0.3) is 0 Å². The molecule has 18 nitrogen and oxygen atoms in total. The van der Waals surface area contributed by atoms with Gasteiger partial charge >= 0.3 is 5.97 Å². The Morgan fingerprint density at radius 1 is 0.761 bits per heavy atom. The maximum Gasteiger partial charge on any atom is 0.312 e. The monoisotopic (exact) mass is 954 g/mol. The van der Waals surface area contributed by atoms with E-state index in [2.05, 4.69) is 59.9 Å². The van der Waals surface area contributed by atoms with Gasteiger partial charge < -0.3 is 79.7 Å². The van der Waals surface area contributed by atoms with E-state index in [0.29, 0.717) is 19.3 Å². The quantitative estimate of drug-likeness (QED) is 0.116. The summed E-state index contributed by atoms with van der Waals surface area (Å²) in [7, 11) is 0. The van der Waals surface area contributed by atoms with E-state index in [1.165, 1.54) is 19.4 Å². The molecule has 0 aromatic rings. The number of carbonyl (C=O) groups excluding carboxylic acids is 1. The molecule has 5 aliphatic carbocycles. The number of amides is 1. The molecule has 23 atom stereocenters. The van der Waals surface area contributed by atoms with Crippen molar-refractivity contribution in [3.8, 4) is 0 Å². The number of hydrogen-bond donors (Lipinski definition) is 10. The number of carboxylic acid groups (broad SMARTS) is 1. The fourth-order valence-corrected chi connectivity index (χ4v) is 15.2. The summed E-state index contributed by atoms with van der Waals surface area (Å²) >= 11 is 0. The van der Waals surface area contributed by atoms with Gasteiger partial charge in [-0.1, -0.05) is 60.1 Å². The first-order chi connectivity index (χ1) is 31.1. The number of allylic oxidation sites excluding steroid dienone is 2. The minimum Gasteiger partial charge on any atom is -0.481 e. The van der Waals surface area contributed by atoms with Gasteiger partial charge in [0.1, 0.15) is 66.4 Å². The minimum absolute atomic E-state index is 0.0448. The summed E-state index contributed by atoms with van der Waals surface area (Å²) in [5.74, 6) is -1.22. The SMILES string of the molecule is CC(=O)N[C@H]1[C@H](O[C@H]2CC[C@@]3(C)C(CC[C@]4(C)C3CC=C3C5CC(C)(C)CC[C@]5(C(=O)O)C(O)C[C@]34C)C2(C)C)O[C@H](CO[C@@H]2O[C@H](C)[C@H](O)[C@H](O)[C@H]2O[C@@H]2OC[C@@H](O)[C@H](O)[C@H]2O)[C@@H](O)[C@@H]1O. The molecule has 0 aromatic heterocycles. The van der Waals surface area contributed by atoms with Crippen LogP contribution in [0.5, 0.6) is 0 Å². The summed E-state index contributed by atoms with van der Waals surface area (Å²) in [4.78, 5) is 25.8. The lowest BCUT2D eigenvalue weighted by Crippen LogP contribution is -2.68. The molecule has 67 heavy (non-hydrogen) atoms. The molecule has 0 spiro atoms. The zero-order valence-corrected chi connectivity index (χ0v) is 40.6. The molecule has 8 aliphatic rings. The van der Waals surface area contributed by atoms with Crippen molar-refractivity contribution in [2.45, 2.75) is 218 Å². The van der Waals surface area contributed by atoms with Crippen LogP contribution < -0.4 is 5.32 Å². The Kier molecular flexibility index (Phi) is 13.8. The van der Waals surface area contributed by atoms with E-state index in [0.717, 1.165) is 38.5 Å². The number of aliphatic carboxylic acids is 1. The molecule has 10 N–H and O–H groups in total. The Morgan fingerprint density at radius 2 is 1.46 bits per heavy atom. The van der Waals surface area contributed by atoms with E-state index < -0.39 is 133 Å². The second kappa shape index (κ2) is 18.0. The highest BCUT2D eigenvalue weighted by Crippen LogP contribution is 2.76. The Bertz CT molecular complexity index is 1880. The number of aliphatic hydroxyl groups excluding tert-OH is 8. The predicted octanol–water partition coefficient (Wildman–Crippen LogP) is 1.49. The molecular formula is C49H79NO17. The van der Waals surface area contributed by atoms with E-state index in [1.807, 2.05) is 0 Å². The number of carboxylic acids is 1. The Hall–Kier alpha value is -1.88. The van der Waals surface area contributed by atoms with Crippen molar-refractivity contribution in [3.05, 3.63) is 11.6 Å². The lowest BCUT2D eigenvalue weighted by atomic mass is 9.33. The van der Waals surface area contributed by atoms with Crippen molar-refractivity contribution in [1.82, 2.24) is 5.32 Å². The van der Waals surface area contributed by atoms with E-state index in [-0.39, 0.29) is 40.6 Å². The first-order valence-corrected chi connectivity index (χ1v) is 24.6. The number of rotatable bonds is 9. The topological polar surface area (TPSA) is 284 Å². The molecule has 0 aromatic carbocycles. The second-order valence-electron chi connectivity index (χ2n) is 23.9. The van der Waals surface area contributed by atoms with E-state index in [4.69, 9.17) is 28.4 Å². The molecule has 0 bridgehead atoms. The van der Waals surface area contributed by atoms with Crippen LogP contribution in [0.15, 0.2) is 11.6 Å². The molecule has 1 amide bonds. The number of fused-ring (bicyclic) bond motifs is 7. The highest BCUT2D eigenvalue weighted by molar-refractivity contribution is 5.77. The fraction of sp³-hybridized carbons (Fsp3) is 0.918. The molecule has 3 heterocycles. The largest absolute Gasteiger partial charge is 0.481 e. The van der Waals surface area contributed by atoms with Crippen LogP contribution >= 0.6 is 0 Å². The smallest absolute Gasteiger partial charge is 0.312 e. The minimum atomic E-state index is -1.72. The van der Waals surface area contributed by atoms with Gasteiger partial charge in [-0.2, -0.15) is 0 Å². The Labute approximate surface area is 393 Å². The Balaban J connectivity index is 1.01. The average Bonchev–Trinajstić information content (AvgIpc) is 3.24. The Morgan fingerprint density at radius 3 is 2.13 bits per heavy atom. The van der Waals surface area contributed by atoms with Crippen molar-refractivity contribution in [1.29, 1.82) is 0 Å². The van der Waals surface area contributed by atoms with Crippen LogP contribution in [0.25, 0.3) is 0 Å². The van der Waals surface area contributed by atoms with Crippen LogP contribution in [0.1, 0.15) is 120 Å². The van der Waals surface area contributed by atoms with Crippen LogP contribution in [-0.4, -0.2) is 169 Å². The first kappa shape index (κ1) is 51.5. The molecular weight excluding hydrogens is 875 g/mol. The van der Waals surface area contributed by atoms with E-state index in [9.17, 15) is 55.5 Å². The van der Waals surface area contributed by atoms with Gasteiger partial charge in [-0.05, 0) is 110 Å². The number of ether oxygens (including phenoxy) is 6. The average molecular weight is 954 g/mol. The van der Waals surface area contributed by atoms with Gasteiger partial charge in [-0.3, -0.25) is 9.59 Å². The van der Waals surface area contributed by atoms with Gasteiger partial charge in [0.15, 0.2) is 18.9 Å². The number of aliphatic hydroxyl groups is 8. The third kappa shape index (κ3) is 8.26. The molecule has 0 radical (unpaired) electrons. The summed E-state index contributed by atoms with van der Waals surface area (Å²) in [6.45, 7) is 17.8. The van der Waals surface area contributed by atoms with Crippen molar-refractivity contribution in [2.24, 2.45) is 50.2 Å². The molecule has 3 saturated heterocycles. The molecule has 382 valence electrons. The van der Waals surface area contributed by atoms with Crippen molar-refractivity contribution in [3.63, 3.8) is 0 Å². The van der Waals surface area contributed by atoms with Crippen molar-refractivity contribution in [2.75, 3.05) is 13.2 Å². The summed E-state index contributed by atoms with van der Waals surface area (Å²) in [6, 6.07) is -1.17. The van der Waals surface area contributed by atoms with Gasteiger partial charge in [-0.15, -0.1) is 0 Å². The summed E-state index contributed by atoms with van der Waals surface area (Å²) in [6.07, 6.45) is -11.7. The molecule has 8 rings (SSSR count).